The van der Waals surface area contributed by atoms with Gasteiger partial charge in [0.2, 0.25) is 5.82 Å². The van der Waals surface area contributed by atoms with Crippen LogP contribution in [0.4, 0.5) is 11.5 Å². The first-order chi connectivity index (χ1) is 5.20. The number of guanidine groups is 1. The van der Waals surface area contributed by atoms with Gasteiger partial charge < -0.3 is 17.2 Å². The second-order valence-electron chi connectivity index (χ2n) is 1.75. The Morgan fingerprint density at radius 2 is 2.18 bits per heavy atom. The van der Waals surface area contributed by atoms with Crippen molar-refractivity contribution in [1.82, 2.24) is 15.4 Å². The second kappa shape index (κ2) is 2.78. The van der Waals surface area contributed by atoms with Crippen LogP contribution in [0.25, 0.3) is 0 Å². The Hall–Kier alpha value is -1.92. The van der Waals surface area contributed by atoms with Crippen molar-refractivity contribution in [3.8, 4) is 0 Å². The largest absolute Gasteiger partial charge is 0.394 e. The molecule has 1 rings (SSSR count). The lowest BCUT2D eigenvalue weighted by Gasteiger charge is -1.94. The van der Waals surface area contributed by atoms with Crippen LogP contribution in [-0.2, 0) is 0 Å². The summed E-state index contributed by atoms with van der Waals surface area (Å²) < 4.78 is 0. The summed E-state index contributed by atoms with van der Waals surface area (Å²) in [6.07, 6.45) is 1.31. The van der Waals surface area contributed by atoms with E-state index in [0.717, 1.165) is 0 Å². The summed E-state index contributed by atoms with van der Waals surface area (Å²) in [5, 5.41) is 10.2. The van der Waals surface area contributed by atoms with Crippen LogP contribution in [0, 0.1) is 0 Å². The van der Waals surface area contributed by atoms with Crippen LogP contribution in [0.5, 0.6) is 0 Å². The zero-order chi connectivity index (χ0) is 8.27. The van der Waals surface area contributed by atoms with E-state index in [1.807, 2.05) is 0 Å². The maximum atomic E-state index is 5.39. The summed E-state index contributed by atoms with van der Waals surface area (Å²) in [5.41, 5.74) is 15.8. The fraction of sp³-hybridized carbons (Fsp3) is 0. The van der Waals surface area contributed by atoms with Crippen molar-refractivity contribution in [2.24, 2.45) is 16.5 Å². The van der Waals surface area contributed by atoms with E-state index in [0.29, 0.717) is 0 Å². The Bertz CT molecular complexity index is 276. The first-order valence-electron chi connectivity index (χ1n) is 2.73. The number of nitrogen functional groups attached to an aromatic ring is 1. The molecule has 0 bridgehead atoms. The predicted octanol–water partition coefficient (Wildman–Crippen LogP) is -1.64. The average molecular weight is 153 g/mol. The molecule has 0 unspecified atom stereocenters. The van der Waals surface area contributed by atoms with Gasteiger partial charge in [0.05, 0.1) is 11.9 Å². The molecule has 7 heteroatoms. The highest BCUT2D eigenvalue weighted by molar-refractivity contribution is 5.80. The smallest absolute Gasteiger partial charge is 0.204 e. The van der Waals surface area contributed by atoms with Crippen LogP contribution in [0.3, 0.4) is 0 Å². The number of anilines is 1. The SMILES string of the molecule is NC(N)=Nc1nnncc1N. The molecule has 0 atom stereocenters. The van der Waals surface area contributed by atoms with E-state index in [9.17, 15) is 0 Å². The lowest BCUT2D eigenvalue weighted by Crippen LogP contribution is -2.22. The van der Waals surface area contributed by atoms with Crippen LogP contribution < -0.4 is 17.2 Å². The van der Waals surface area contributed by atoms with Crippen molar-refractivity contribution < 1.29 is 0 Å². The van der Waals surface area contributed by atoms with Gasteiger partial charge in [0.1, 0.15) is 0 Å². The number of rotatable bonds is 1. The third-order valence-electron chi connectivity index (χ3n) is 0.881. The summed E-state index contributed by atoms with van der Waals surface area (Å²) in [6.45, 7) is 0. The van der Waals surface area contributed by atoms with Gasteiger partial charge in [0.25, 0.3) is 0 Å². The number of hydrogen-bond donors (Lipinski definition) is 3. The van der Waals surface area contributed by atoms with Crippen molar-refractivity contribution in [3.05, 3.63) is 6.20 Å². The quantitative estimate of drug-likeness (QED) is 0.327. The first-order valence-corrected chi connectivity index (χ1v) is 2.73. The molecule has 0 spiro atoms. The highest BCUT2D eigenvalue weighted by Gasteiger charge is 1.97. The van der Waals surface area contributed by atoms with Crippen molar-refractivity contribution >= 4 is 17.5 Å². The fourth-order valence-electron chi connectivity index (χ4n) is 0.481. The molecule has 1 heterocycles. The average Bonchev–Trinajstić information content (AvgIpc) is 1.93. The zero-order valence-electron chi connectivity index (χ0n) is 5.60. The monoisotopic (exact) mass is 153 g/mol. The van der Waals surface area contributed by atoms with E-state index < -0.39 is 0 Å². The Morgan fingerprint density at radius 1 is 1.45 bits per heavy atom. The number of nitrogens with two attached hydrogens (primary N) is 3. The third kappa shape index (κ3) is 1.75. The molecular weight excluding hydrogens is 146 g/mol. The minimum absolute atomic E-state index is 0.114. The molecular formula is C4H7N7. The molecule has 1 aromatic rings. The van der Waals surface area contributed by atoms with Crippen LogP contribution in [0.2, 0.25) is 0 Å². The van der Waals surface area contributed by atoms with Gasteiger partial charge in [-0.15, -0.1) is 10.2 Å². The number of nitrogens with zero attached hydrogens (tertiary/aromatic N) is 4. The van der Waals surface area contributed by atoms with Gasteiger partial charge in [-0.1, -0.05) is 0 Å². The zero-order valence-corrected chi connectivity index (χ0v) is 5.60. The minimum Gasteiger partial charge on any atom is -0.394 e. The normalized spacial score (nSPS) is 9.09. The van der Waals surface area contributed by atoms with Crippen LogP contribution in [0.1, 0.15) is 0 Å². The Morgan fingerprint density at radius 3 is 2.73 bits per heavy atom. The van der Waals surface area contributed by atoms with Crippen LogP contribution >= 0.6 is 0 Å². The number of aliphatic imine (C=N–C) groups is 1. The molecule has 58 valence electrons. The molecule has 7 nitrogen and oxygen atoms in total. The molecule has 0 aromatic carbocycles. The number of aromatic nitrogens is 3. The van der Waals surface area contributed by atoms with Gasteiger partial charge in [0, 0.05) is 0 Å². The number of hydrogen-bond acceptors (Lipinski definition) is 5. The van der Waals surface area contributed by atoms with Gasteiger partial charge in [-0.3, -0.25) is 0 Å². The van der Waals surface area contributed by atoms with E-state index in [1.54, 1.807) is 0 Å². The fourth-order valence-corrected chi connectivity index (χ4v) is 0.481. The Labute approximate surface area is 62.3 Å². The lowest BCUT2D eigenvalue weighted by molar-refractivity contribution is 0.868. The molecule has 0 saturated carbocycles. The van der Waals surface area contributed by atoms with Crippen LogP contribution in [0.15, 0.2) is 11.2 Å². The highest BCUT2D eigenvalue weighted by atomic mass is 15.3. The Balaban J connectivity index is 3.04. The molecule has 1 aromatic heterocycles. The first kappa shape index (κ1) is 7.19. The molecule has 0 saturated heterocycles. The van der Waals surface area contributed by atoms with Gasteiger partial charge in [-0.05, 0) is 5.21 Å². The third-order valence-corrected chi connectivity index (χ3v) is 0.881. The molecule has 0 aliphatic carbocycles. The summed E-state index contributed by atoms with van der Waals surface area (Å²) in [7, 11) is 0. The van der Waals surface area contributed by atoms with Crippen molar-refractivity contribution in [2.45, 2.75) is 0 Å². The molecule has 0 aliphatic rings. The van der Waals surface area contributed by atoms with E-state index in [1.165, 1.54) is 6.20 Å². The minimum atomic E-state index is -0.114. The van der Waals surface area contributed by atoms with Crippen molar-refractivity contribution in [3.63, 3.8) is 0 Å². The van der Waals surface area contributed by atoms with E-state index in [2.05, 4.69) is 20.4 Å². The van der Waals surface area contributed by atoms with Crippen LogP contribution in [-0.4, -0.2) is 21.4 Å². The summed E-state index contributed by atoms with van der Waals surface area (Å²) in [4.78, 5) is 3.59. The molecule has 11 heavy (non-hydrogen) atoms. The van der Waals surface area contributed by atoms with Gasteiger partial charge in [-0.2, -0.15) is 4.99 Å². The van der Waals surface area contributed by atoms with E-state index >= 15 is 0 Å². The van der Waals surface area contributed by atoms with Gasteiger partial charge >= 0.3 is 0 Å². The second-order valence-corrected chi connectivity index (χ2v) is 1.75. The lowest BCUT2D eigenvalue weighted by atomic mass is 10.5. The summed E-state index contributed by atoms with van der Waals surface area (Å²) in [6, 6.07) is 0. The molecule has 0 amide bonds. The summed E-state index contributed by atoms with van der Waals surface area (Å²) >= 11 is 0. The highest BCUT2D eigenvalue weighted by Crippen LogP contribution is 2.13. The Kier molecular flexibility index (Phi) is 1.81. The standard InChI is InChI=1S/C4H7N7/c5-2-1-8-11-10-3(2)9-4(6)7/h1H,(H2,5,11)(H4,6,7,8,9,10). The molecule has 0 fully saturated rings. The van der Waals surface area contributed by atoms with Crippen molar-refractivity contribution in [2.75, 3.05) is 5.73 Å². The predicted molar refractivity (Wildman–Crippen MR) is 39.7 cm³/mol. The molecule has 6 N–H and O–H groups in total. The van der Waals surface area contributed by atoms with E-state index in [-0.39, 0.29) is 17.5 Å². The van der Waals surface area contributed by atoms with Gasteiger partial charge in [0.15, 0.2) is 5.96 Å². The van der Waals surface area contributed by atoms with E-state index in [4.69, 9.17) is 17.2 Å². The van der Waals surface area contributed by atoms with Gasteiger partial charge in [-0.25, -0.2) is 0 Å². The summed E-state index contributed by atoms with van der Waals surface area (Å²) in [5.74, 6) is 0.0669. The topological polar surface area (TPSA) is 129 Å². The maximum Gasteiger partial charge on any atom is 0.204 e. The van der Waals surface area contributed by atoms with Crippen molar-refractivity contribution in [1.29, 1.82) is 0 Å². The molecule has 0 aliphatic heterocycles. The maximum absolute atomic E-state index is 5.39. The molecule has 0 radical (unpaired) electrons.